The topological polar surface area (TPSA) is 17.1 Å². The second-order valence-corrected chi connectivity index (χ2v) is 4.61. The molecule has 1 atom stereocenters. The molecule has 0 saturated carbocycles. The average molecular weight is 210 g/mol. The SMILES string of the molecule is O=Cc1ccc(C2(F)CCSC2)cc1. The molecule has 0 radical (unpaired) electrons. The first kappa shape index (κ1) is 9.71. The van der Waals surface area contributed by atoms with Gasteiger partial charge in [0.25, 0.3) is 0 Å². The predicted octanol–water partition coefficient (Wildman–Crippen LogP) is 2.80. The molecule has 0 bridgehead atoms. The van der Waals surface area contributed by atoms with Crippen molar-refractivity contribution >= 4 is 18.0 Å². The largest absolute Gasteiger partial charge is 0.298 e. The van der Waals surface area contributed by atoms with E-state index in [0.29, 0.717) is 23.3 Å². The Morgan fingerprint density at radius 2 is 2.07 bits per heavy atom. The van der Waals surface area contributed by atoms with Gasteiger partial charge in [-0.05, 0) is 17.7 Å². The number of aldehydes is 1. The van der Waals surface area contributed by atoms with Crippen LogP contribution in [-0.4, -0.2) is 17.8 Å². The van der Waals surface area contributed by atoms with E-state index >= 15 is 0 Å². The van der Waals surface area contributed by atoms with E-state index in [4.69, 9.17) is 0 Å². The first-order chi connectivity index (χ1) is 6.74. The fourth-order valence-electron chi connectivity index (χ4n) is 1.63. The fraction of sp³-hybridized carbons (Fsp3) is 0.364. The minimum atomic E-state index is -1.17. The van der Waals surface area contributed by atoms with Gasteiger partial charge < -0.3 is 0 Å². The van der Waals surface area contributed by atoms with E-state index < -0.39 is 5.67 Å². The van der Waals surface area contributed by atoms with Gasteiger partial charge in [-0.3, -0.25) is 4.79 Å². The third kappa shape index (κ3) is 1.69. The van der Waals surface area contributed by atoms with Crippen LogP contribution in [0.4, 0.5) is 4.39 Å². The number of hydrogen-bond donors (Lipinski definition) is 0. The highest BCUT2D eigenvalue weighted by molar-refractivity contribution is 7.99. The maximum atomic E-state index is 14.2. The molecule has 2 rings (SSSR count). The van der Waals surface area contributed by atoms with E-state index in [1.807, 2.05) is 0 Å². The van der Waals surface area contributed by atoms with Crippen LogP contribution in [0.5, 0.6) is 0 Å². The van der Waals surface area contributed by atoms with E-state index in [1.165, 1.54) is 0 Å². The lowest BCUT2D eigenvalue weighted by molar-refractivity contribution is 0.112. The quantitative estimate of drug-likeness (QED) is 0.698. The Balaban J connectivity index is 2.27. The average Bonchev–Trinajstić information content (AvgIpc) is 2.67. The van der Waals surface area contributed by atoms with Crippen molar-refractivity contribution in [2.24, 2.45) is 0 Å². The summed E-state index contributed by atoms with van der Waals surface area (Å²) in [6, 6.07) is 6.78. The van der Waals surface area contributed by atoms with Crippen molar-refractivity contribution in [3.63, 3.8) is 0 Å². The number of thioether (sulfide) groups is 1. The van der Waals surface area contributed by atoms with E-state index in [9.17, 15) is 9.18 Å². The van der Waals surface area contributed by atoms with Gasteiger partial charge >= 0.3 is 0 Å². The van der Waals surface area contributed by atoms with Crippen molar-refractivity contribution in [3.05, 3.63) is 35.4 Å². The molecule has 1 aromatic carbocycles. The van der Waals surface area contributed by atoms with E-state index in [0.717, 1.165) is 12.0 Å². The van der Waals surface area contributed by atoms with Gasteiger partial charge in [-0.15, -0.1) is 0 Å². The van der Waals surface area contributed by atoms with Crippen molar-refractivity contribution in [1.82, 2.24) is 0 Å². The van der Waals surface area contributed by atoms with Gasteiger partial charge in [-0.1, -0.05) is 24.3 Å². The van der Waals surface area contributed by atoms with Crippen LogP contribution < -0.4 is 0 Å². The molecule has 0 N–H and O–H groups in total. The number of benzene rings is 1. The summed E-state index contributed by atoms with van der Waals surface area (Å²) in [6.07, 6.45) is 1.36. The van der Waals surface area contributed by atoms with Gasteiger partial charge in [0.1, 0.15) is 12.0 Å². The number of halogens is 1. The highest BCUT2D eigenvalue weighted by Crippen LogP contribution is 2.40. The summed E-state index contributed by atoms with van der Waals surface area (Å²) in [5.74, 6) is 1.42. The summed E-state index contributed by atoms with van der Waals surface area (Å²) in [5, 5.41) is 0. The number of hydrogen-bond acceptors (Lipinski definition) is 2. The Labute approximate surface area is 86.7 Å². The maximum absolute atomic E-state index is 14.2. The summed E-state index contributed by atoms with van der Waals surface area (Å²) in [4.78, 5) is 10.4. The van der Waals surface area contributed by atoms with Gasteiger partial charge in [0.2, 0.25) is 0 Å². The molecule has 1 fully saturated rings. The zero-order chi connectivity index (χ0) is 10.0. The molecule has 1 saturated heterocycles. The van der Waals surface area contributed by atoms with E-state index in [2.05, 4.69) is 0 Å². The van der Waals surface area contributed by atoms with Gasteiger partial charge in [0.15, 0.2) is 0 Å². The molecule has 1 aromatic rings. The summed E-state index contributed by atoms with van der Waals surface area (Å²) in [7, 11) is 0. The van der Waals surface area contributed by atoms with Crippen molar-refractivity contribution in [1.29, 1.82) is 0 Å². The van der Waals surface area contributed by atoms with Gasteiger partial charge in [-0.25, -0.2) is 4.39 Å². The van der Waals surface area contributed by atoms with Gasteiger partial charge in [0.05, 0.1) is 0 Å². The lowest BCUT2D eigenvalue weighted by Gasteiger charge is -2.18. The molecule has 0 aromatic heterocycles. The summed E-state index contributed by atoms with van der Waals surface area (Å²) < 4.78 is 14.2. The Morgan fingerprint density at radius 1 is 1.36 bits per heavy atom. The van der Waals surface area contributed by atoms with Gasteiger partial charge in [-0.2, -0.15) is 11.8 Å². The number of carbonyl (C=O) groups is 1. The molecular weight excluding hydrogens is 199 g/mol. The first-order valence-electron chi connectivity index (χ1n) is 4.57. The van der Waals surface area contributed by atoms with Crippen LogP contribution in [0.3, 0.4) is 0 Å². The zero-order valence-corrected chi connectivity index (χ0v) is 8.52. The predicted molar refractivity (Wildman–Crippen MR) is 56.6 cm³/mol. The lowest BCUT2D eigenvalue weighted by atomic mass is 9.94. The van der Waals surface area contributed by atoms with Crippen LogP contribution in [0.15, 0.2) is 24.3 Å². The molecule has 1 unspecified atom stereocenters. The van der Waals surface area contributed by atoms with Crippen molar-refractivity contribution in [2.75, 3.05) is 11.5 Å². The molecule has 0 spiro atoms. The molecule has 74 valence electrons. The molecular formula is C11H11FOS. The highest BCUT2D eigenvalue weighted by Gasteiger charge is 2.35. The minimum absolute atomic E-state index is 0.535. The van der Waals surface area contributed by atoms with Crippen LogP contribution >= 0.6 is 11.8 Å². The molecule has 0 amide bonds. The normalized spacial score (nSPS) is 26.4. The van der Waals surface area contributed by atoms with E-state index in [1.54, 1.807) is 36.0 Å². The maximum Gasteiger partial charge on any atom is 0.150 e. The molecule has 14 heavy (non-hydrogen) atoms. The third-order valence-electron chi connectivity index (χ3n) is 2.54. The van der Waals surface area contributed by atoms with Crippen molar-refractivity contribution in [3.8, 4) is 0 Å². The Bertz CT molecular complexity index is 328. The minimum Gasteiger partial charge on any atom is -0.298 e. The monoisotopic (exact) mass is 210 g/mol. The van der Waals surface area contributed by atoms with Crippen molar-refractivity contribution < 1.29 is 9.18 Å². The summed E-state index contributed by atoms with van der Waals surface area (Å²) >= 11 is 1.64. The smallest absolute Gasteiger partial charge is 0.150 e. The fourth-order valence-corrected chi connectivity index (χ4v) is 2.87. The second-order valence-electron chi connectivity index (χ2n) is 3.51. The summed E-state index contributed by atoms with van der Waals surface area (Å²) in [5.41, 5.74) is 0.127. The van der Waals surface area contributed by atoms with E-state index in [-0.39, 0.29) is 0 Å². The Kier molecular flexibility index (Phi) is 2.59. The molecule has 1 heterocycles. The van der Waals surface area contributed by atoms with Crippen LogP contribution in [0.25, 0.3) is 0 Å². The molecule has 3 heteroatoms. The zero-order valence-electron chi connectivity index (χ0n) is 7.70. The number of carbonyl (C=O) groups excluding carboxylic acids is 1. The first-order valence-corrected chi connectivity index (χ1v) is 5.72. The molecule has 1 nitrogen and oxygen atoms in total. The number of rotatable bonds is 2. The molecule has 1 aliphatic rings. The van der Waals surface area contributed by atoms with Crippen molar-refractivity contribution in [2.45, 2.75) is 12.1 Å². The molecule has 0 aliphatic carbocycles. The molecule has 1 aliphatic heterocycles. The lowest BCUT2D eigenvalue weighted by Crippen LogP contribution is -2.18. The Hall–Kier alpha value is -0.830. The van der Waals surface area contributed by atoms with Crippen LogP contribution in [0.1, 0.15) is 22.3 Å². The van der Waals surface area contributed by atoms with Crippen LogP contribution in [-0.2, 0) is 5.67 Å². The number of alkyl halides is 1. The van der Waals surface area contributed by atoms with Crippen LogP contribution in [0, 0.1) is 0 Å². The third-order valence-corrected chi connectivity index (χ3v) is 3.69. The second kappa shape index (κ2) is 3.73. The van der Waals surface area contributed by atoms with Crippen LogP contribution in [0.2, 0.25) is 0 Å². The highest BCUT2D eigenvalue weighted by atomic mass is 32.2. The Morgan fingerprint density at radius 3 is 2.57 bits per heavy atom. The standard InChI is InChI=1S/C11H11FOS/c12-11(5-6-14-8-11)10-3-1-9(7-13)2-4-10/h1-4,7H,5-6,8H2. The summed E-state index contributed by atoms with van der Waals surface area (Å²) in [6.45, 7) is 0. The van der Waals surface area contributed by atoms with Gasteiger partial charge in [0, 0.05) is 11.3 Å².